The summed E-state index contributed by atoms with van der Waals surface area (Å²) in [5.74, 6) is 0.914. The Morgan fingerprint density at radius 1 is 1.30 bits per heavy atom. The molecule has 0 aliphatic heterocycles. The average Bonchev–Trinajstić information content (AvgIpc) is 3.10. The zero-order chi connectivity index (χ0) is 16.7. The van der Waals surface area contributed by atoms with Crippen molar-refractivity contribution in [2.24, 2.45) is 5.92 Å². The second-order valence-corrected chi connectivity index (χ2v) is 7.58. The number of amides is 1. The number of benzene rings is 1. The van der Waals surface area contributed by atoms with E-state index in [4.69, 9.17) is 0 Å². The number of carbonyl (C=O) groups excluding carboxylic acids is 1. The maximum Gasteiger partial charge on any atom is 0.252 e. The van der Waals surface area contributed by atoms with Crippen molar-refractivity contribution < 1.29 is 9.90 Å². The van der Waals surface area contributed by atoms with Crippen molar-refractivity contribution in [3.8, 4) is 0 Å². The molecule has 1 aromatic heterocycles. The zero-order valence-electron chi connectivity index (χ0n) is 13.5. The van der Waals surface area contributed by atoms with E-state index in [1.54, 1.807) is 23.1 Å². The van der Waals surface area contributed by atoms with Gasteiger partial charge in [0.1, 0.15) is 0 Å². The molecule has 2 rings (SSSR count). The fraction of sp³-hybridized carbons (Fsp3) is 0.389. The molecule has 0 saturated heterocycles. The van der Waals surface area contributed by atoms with Crippen LogP contribution in [0.4, 0.5) is 0 Å². The van der Waals surface area contributed by atoms with Gasteiger partial charge >= 0.3 is 0 Å². The lowest BCUT2D eigenvalue weighted by atomic mass is 10.0. The minimum Gasteiger partial charge on any atom is -0.391 e. The van der Waals surface area contributed by atoms with Crippen LogP contribution in [0.5, 0.6) is 0 Å². The Morgan fingerprint density at radius 3 is 2.78 bits per heavy atom. The Hall–Kier alpha value is -1.30. The lowest BCUT2D eigenvalue weighted by molar-refractivity contribution is 0.0847. The Kier molecular flexibility index (Phi) is 7.15. The zero-order valence-corrected chi connectivity index (χ0v) is 15.1. The van der Waals surface area contributed by atoms with Gasteiger partial charge in [0.25, 0.3) is 5.91 Å². The quantitative estimate of drug-likeness (QED) is 0.703. The molecule has 124 valence electrons. The van der Waals surface area contributed by atoms with Gasteiger partial charge in [-0.3, -0.25) is 4.79 Å². The van der Waals surface area contributed by atoms with Crippen molar-refractivity contribution in [1.82, 2.24) is 5.32 Å². The number of rotatable bonds is 8. The highest BCUT2D eigenvalue weighted by Crippen LogP contribution is 2.27. The smallest absolute Gasteiger partial charge is 0.252 e. The number of hydrogen-bond acceptors (Lipinski definition) is 4. The van der Waals surface area contributed by atoms with Gasteiger partial charge in [-0.25, -0.2) is 0 Å². The van der Waals surface area contributed by atoms with Crippen molar-refractivity contribution in [2.45, 2.75) is 37.0 Å². The van der Waals surface area contributed by atoms with E-state index in [1.807, 2.05) is 44.2 Å². The highest BCUT2D eigenvalue weighted by molar-refractivity contribution is 7.98. The summed E-state index contributed by atoms with van der Waals surface area (Å²) in [6.45, 7) is 4.31. The maximum absolute atomic E-state index is 12.4. The van der Waals surface area contributed by atoms with Crippen LogP contribution in [-0.4, -0.2) is 23.7 Å². The number of aliphatic hydroxyl groups is 1. The summed E-state index contributed by atoms with van der Waals surface area (Å²) in [6.07, 6.45) is 0.388. The number of thiophene rings is 1. The SMILES string of the molecule is CCC(C)C(O)CNC(=O)c1ccccc1SCc1cccs1. The van der Waals surface area contributed by atoms with E-state index in [1.165, 1.54) is 4.88 Å². The van der Waals surface area contributed by atoms with Crippen LogP contribution in [-0.2, 0) is 5.75 Å². The number of thioether (sulfide) groups is 1. The predicted molar refractivity (Wildman–Crippen MR) is 98.1 cm³/mol. The third-order valence-electron chi connectivity index (χ3n) is 3.85. The Labute approximate surface area is 146 Å². The van der Waals surface area contributed by atoms with Gasteiger partial charge in [-0.1, -0.05) is 38.5 Å². The number of carbonyl (C=O) groups is 1. The van der Waals surface area contributed by atoms with Gasteiger partial charge in [-0.2, -0.15) is 0 Å². The van der Waals surface area contributed by atoms with Crippen molar-refractivity contribution in [2.75, 3.05) is 6.54 Å². The molecule has 23 heavy (non-hydrogen) atoms. The van der Waals surface area contributed by atoms with Crippen LogP contribution in [0.1, 0.15) is 35.5 Å². The summed E-state index contributed by atoms with van der Waals surface area (Å²) in [7, 11) is 0. The van der Waals surface area contributed by atoms with E-state index in [9.17, 15) is 9.90 Å². The van der Waals surface area contributed by atoms with Crippen LogP contribution in [0.2, 0.25) is 0 Å². The lowest BCUT2D eigenvalue weighted by Crippen LogP contribution is -2.35. The molecule has 0 fully saturated rings. The Morgan fingerprint density at radius 2 is 2.09 bits per heavy atom. The Bertz CT molecular complexity index is 613. The minimum atomic E-state index is -0.505. The molecular formula is C18H23NO2S2. The molecule has 0 aliphatic carbocycles. The molecule has 1 amide bonds. The molecule has 2 aromatic rings. The molecule has 1 aromatic carbocycles. The standard InChI is InChI=1S/C18H23NO2S2/c1-3-13(2)16(20)11-19-18(21)15-8-4-5-9-17(15)23-12-14-7-6-10-22-14/h4-10,13,16,20H,3,11-12H2,1-2H3,(H,19,21). The molecule has 0 saturated carbocycles. The van der Waals surface area contributed by atoms with Crippen LogP contribution >= 0.6 is 23.1 Å². The first kappa shape index (κ1) is 18.0. The molecule has 1 heterocycles. The maximum atomic E-state index is 12.4. The molecule has 0 aliphatic rings. The van der Waals surface area contributed by atoms with Crippen molar-refractivity contribution in [1.29, 1.82) is 0 Å². The van der Waals surface area contributed by atoms with Gasteiger partial charge in [0.15, 0.2) is 0 Å². The highest BCUT2D eigenvalue weighted by Gasteiger charge is 2.16. The largest absolute Gasteiger partial charge is 0.391 e. The first-order valence-electron chi connectivity index (χ1n) is 7.82. The summed E-state index contributed by atoms with van der Waals surface area (Å²) in [4.78, 5) is 14.7. The van der Waals surface area contributed by atoms with Gasteiger partial charge < -0.3 is 10.4 Å². The van der Waals surface area contributed by atoms with E-state index in [0.29, 0.717) is 5.56 Å². The lowest BCUT2D eigenvalue weighted by Gasteiger charge is -2.18. The second-order valence-electron chi connectivity index (χ2n) is 5.53. The van der Waals surface area contributed by atoms with E-state index in [-0.39, 0.29) is 18.4 Å². The highest BCUT2D eigenvalue weighted by atomic mass is 32.2. The topological polar surface area (TPSA) is 49.3 Å². The van der Waals surface area contributed by atoms with Crippen LogP contribution in [0.15, 0.2) is 46.7 Å². The van der Waals surface area contributed by atoms with Gasteiger partial charge in [0.05, 0.1) is 11.7 Å². The predicted octanol–water partition coefficient (Wildman–Crippen LogP) is 4.18. The molecule has 0 bridgehead atoms. The van der Waals surface area contributed by atoms with Crippen LogP contribution in [0.25, 0.3) is 0 Å². The molecule has 2 unspecified atom stereocenters. The van der Waals surface area contributed by atoms with Crippen LogP contribution in [0, 0.1) is 5.92 Å². The molecule has 2 atom stereocenters. The summed E-state index contributed by atoms with van der Waals surface area (Å²) in [6, 6.07) is 11.8. The normalized spacial score (nSPS) is 13.5. The van der Waals surface area contributed by atoms with Gasteiger partial charge in [-0.15, -0.1) is 23.1 Å². The molecular weight excluding hydrogens is 326 g/mol. The third kappa shape index (κ3) is 5.37. The fourth-order valence-electron chi connectivity index (χ4n) is 2.09. The second kappa shape index (κ2) is 9.11. The molecule has 3 nitrogen and oxygen atoms in total. The molecule has 5 heteroatoms. The minimum absolute atomic E-state index is 0.123. The summed E-state index contributed by atoms with van der Waals surface area (Å²) < 4.78 is 0. The van der Waals surface area contributed by atoms with Gasteiger partial charge in [0, 0.05) is 22.1 Å². The van der Waals surface area contributed by atoms with E-state index in [2.05, 4.69) is 16.8 Å². The third-order valence-corrected chi connectivity index (χ3v) is 6.04. The monoisotopic (exact) mass is 349 g/mol. The van der Waals surface area contributed by atoms with Gasteiger partial charge in [0.2, 0.25) is 0 Å². The van der Waals surface area contributed by atoms with E-state index >= 15 is 0 Å². The Balaban J connectivity index is 1.97. The van der Waals surface area contributed by atoms with Crippen molar-refractivity contribution >= 4 is 29.0 Å². The molecule has 2 N–H and O–H groups in total. The number of nitrogens with one attached hydrogen (secondary N) is 1. The fourth-order valence-corrected chi connectivity index (χ4v) is 3.91. The summed E-state index contributed by atoms with van der Waals surface area (Å²) in [5, 5.41) is 14.9. The first-order valence-corrected chi connectivity index (χ1v) is 9.68. The molecule has 0 spiro atoms. The first-order chi connectivity index (χ1) is 11.1. The van der Waals surface area contributed by atoms with Crippen LogP contribution in [0.3, 0.4) is 0 Å². The molecule has 0 radical (unpaired) electrons. The number of hydrogen-bond donors (Lipinski definition) is 2. The van der Waals surface area contributed by atoms with Crippen molar-refractivity contribution in [3.63, 3.8) is 0 Å². The van der Waals surface area contributed by atoms with Crippen molar-refractivity contribution in [3.05, 3.63) is 52.2 Å². The van der Waals surface area contributed by atoms with E-state index < -0.39 is 6.10 Å². The average molecular weight is 350 g/mol. The van der Waals surface area contributed by atoms with E-state index in [0.717, 1.165) is 17.1 Å². The van der Waals surface area contributed by atoms with Gasteiger partial charge in [-0.05, 0) is 29.5 Å². The summed E-state index contributed by atoms with van der Waals surface area (Å²) >= 11 is 3.39. The van der Waals surface area contributed by atoms with Crippen LogP contribution < -0.4 is 5.32 Å². The summed E-state index contributed by atoms with van der Waals surface area (Å²) in [5.41, 5.74) is 0.672. The number of aliphatic hydroxyl groups excluding tert-OH is 1.